The number of aliphatic carboxylic acids is 1. The van der Waals surface area contributed by atoms with Crippen molar-refractivity contribution in [1.82, 2.24) is 5.32 Å². The molecule has 0 rings (SSSR count). The van der Waals surface area contributed by atoms with E-state index in [1.54, 1.807) is 6.92 Å². The van der Waals surface area contributed by atoms with Crippen molar-refractivity contribution in [3.05, 3.63) is 0 Å². The van der Waals surface area contributed by atoms with Gasteiger partial charge in [-0.25, -0.2) is 4.79 Å². The summed E-state index contributed by atoms with van der Waals surface area (Å²) in [5.74, 6) is -2.93. The topological polar surface area (TPSA) is 84.9 Å². The summed E-state index contributed by atoms with van der Waals surface area (Å²) >= 11 is 0. The normalized spacial score (nSPS) is 14.9. The molecule has 1 unspecified atom stereocenters. The summed E-state index contributed by atoms with van der Waals surface area (Å²) in [6.45, 7) is 8.71. The van der Waals surface area contributed by atoms with Gasteiger partial charge in [-0.2, -0.15) is 0 Å². The maximum atomic E-state index is 11.4. The van der Waals surface area contributed by atoms with Gasteiger partial charge in [0, 0.05) is 19.6 Å². The number of carboxylic acid groups (broad SMARTS) is 1. The van der Waals surface area contributed by atoms with Gasteiger partial charge in [-0.05, 0) is 12.3 Å². The lowest BCUT2D eigenvalue weighted by Crippen LogP contribution is -2.53. The summed E-state index contributed by atoms with van der Waals surface area (Å²) in [6, 6.07) is 0. The molecule has 0 saturated heterocycles. The third-order valence-electron chi connectivity index (χ3n) is 2.29. The Labute approximate surface area is 114 Å². The average molecular weight is 275 g/mol. The average Bonchev–Trinajstić information content (AvgIpc) is 2.27. The molecular formula is C13H25NO5. The molecule has 0 bridgehead atoms. The quantitative estimate of drug-likeness (QED) is 0.352. The molecule has 0 heterocycles. The van der Waals surface area contributed by atoms with E-state index < -0.39 is 11.8 Å². The monoisotopic (exact) mass is 275 g/mol. The summed E-state index contributed by atoms with van der Waals surface area (Å²) in [5, 5.41) is 12.3. The molecule has 0 amide bonds. The van der Waals surface area contributed by atoms with Gasteiger partial charge >= 0.3 is 5.97 Å². The van der Waals surface area contributed by atoms with E-state index in [0.717, 1.165) is 0 Å². The number of ether oxygens (including phenoxy) is 2. The van der Waals surface area contributed by atoms with Crippen molar-refractivity contribution >= 4 is 12.3 Å². The first-order valence-corrected chi connectivity index (χ1v) is 6.43. The van der Waals surface area contributed by atoms with Crippen LogP contribution in [-0.4, -0.2) is 49.5 Å². The van der Waals surface area contributed by atoms with Crippen LogP contribution >= 0.6 is 0 Å². The minimum atomic E-state index is -1.73. The molecule has 6 nitrogen and oxygen atoms in total. The van der Waals surface area contributed by atoms with Gasteiger partial charge in [0.2, 0.25) is 0 Å². The van der Waals surface area contributed by atoms with Gasteiger partial charge in [-0.15, -0.1) is 0 Å². The van der Waals surface area contributed by atoms with Crippen molar-refractivity contribution in [2.45, 2.75) is 39.9 Å². The lowest BCUT2D eigenvalue weighted by molar-refractivity contribution is -0.240. The van der Waals surface area contributed by atoms with Crippen molar-refractivity contribution < 1.29 is 24.2 Å². The van der Waals surface area contributed by atoms with E-state index in [1.165, 1.54) is 0 Å². The van der Waals surface area contributed by atoms with Gasteiger partial charge in [-0.1, -0.05) is 20.8 Å². The molecule has 0 aliphatic heterocycles. The molecule has 6 heteroatoms. The molecule has 112 valence electrons. The number of carboxylic acids is 1. The van der Waals surface area contributed by atoms with Crippen LogP contribution in [0.1, 0.15) is 34.1 Å². The minimum Gasteiger partial charge on any atom is -0.477 e. The Balaban J connectivity index is 4.61. The highest BCUT2D eigenvalue weighted by molar-refractivity contribution is 5.76. The zero-order valence-electron chi connectivity index (χ0n) is 12.2. The van der Waals surface area contributed by atoms with Crippen LogP contribution in [0.25, 0.3) is 0 Å². The number of carbonyl (C=O) groups is 2. The zero-order valence-corrected chi connectivity index (χ0v) is 12.2. The van der Waals surface area contributed by atoms with E-state index in [9.17, 15) is 14.7 Å². The van der Waals surface area contributed by atoms with E-state index in [0.29, 0.717) is 12.8 Å². The highest BCUT2D eigenvalue weighted by Crippen LogP contribution is 2.16. The summed E-state index contributed by atoms with van der Waals surface area (Å²) < 4.78 is 10.5. The van der Waals surface area contributed by atoms with Gasteiger partial charge in [-0.3, -0.25) is 0 Å². The van der Waals surface area contributed by atoms with Gasteiger partial charge in [0.05, 0.1) is 13.2 Å². The van der Waals surface area contributed by atoms with Crippen molar-refractivity contribution in [2.75, 3.05) is 26.3 Å². The fourth-order valence-electron chi connectivity index (χ4n) is 1.45. The predicted molar refractivity (Wildman–Crippen MR) is 71.0 cm³/mol. The Kier molecular flexibility index (Phi) is 7.82. The zero-order chi connectivity index (χ0) is 14.9. The lowest BCUT2D eigenvalue weighted by Gasteiger charge is -2.30. The van der Waals surface area contributed by atoms with Crippen LogP contribution in [0, 0.1) is 5.41 Å². The van der Waals surface area contributed by atoms with Crippen LogP contribution in [0.4, 0.5) is 0 Å². The molecule has 19 heavy (non-hydrogen) atoms. The molecule has 0 aliphatic carbocycles. The molecular weight excluding hydrogens is 250 g/mol. The third kappa shape index (κ3) is 7.25. The first kappa shape index (κ1) is 18.0. The molecule has 1 atom stereocenters. The molecule has 0 aliphatic rings. The molecule has 0 fully saturated rings. The van der Waals surface area contributed by atoms with Crippen LogP contribution in [0.2, 0.25) is 0 Å². The van der Waals surface area contributed by atoms with E-state index in [2.05, 4.69) is 5.32 Å². The first-order chi connectivity index (χ1) is 8.77. The van der Waals surface area contributed by atoms with Gasteiger partial charge in [0.1, 0.15) is 6.29 Å². The number of hydrogen-bond acceptors (Lipinski definition) is 5. The van der Waals surface area contributed by atoms with Gasteiger partial charge < -0.3 is 24.7 Å². The summed E-state index contributed by atoms with van der Waals surface area (Å²) in [7, 11) is 0. The number of carbonyl (C=O) groups excluding carboxylic acids is 1. The van der Waals surface area contributed by atoms with Crippen LogP contribution in [0.5, 0.6) is 0 Å². The Morgan fingerprint density at radius 1 is 1.26 bits per heavy atom. The Morgan fingerprint density at radius 2 is 1.89 bits per heavy atom. The molecule has 0 aromatic heterocycles. The summed E-state index contributed by atoms with van der Waals surface area (Å²) in [5.41, 5.74) is 0.0270. The fraction of sp³-hybridized carbons (Fsp3) is 0.846. The molecule has 0 radical (unpaired) electrons. The third-order valence-corrected chi connectivity index (χ3v) is 2.29. The second-order valence-electron chi connectivity index (χ2n) is 5.46. The van der Waals surface area contributed by atoms with E-state index in [-0.39, 0.29) is 31.6 Å². The Morgan fingerprint density at radius 3 is 2.32 bits per heavy atom. The van der Waals surface area contributed by atoms with Crippen molar-refractivity contribution in [3.63, 3.8) is 0 Å². The Hall–Kier alpha value is -0.980. The van der Waals surface area contributed by atoms with Gasteiger partial charge in [0.15, 0.2) is 0 Å². The lowest BCUT2D eigenvalue weighted by atomic mass is 9.97. The predicted octanol–water partition coefficient (Wildman–Crippen LogP) is 1.05. The summed E-state index contributed by atoms with van der Waals surface area (Å²) in [4.78, 5) is 21.7. The smallest absolute Gasteiger partial charge is 0.365 e. The standard InChI is InChI=1S/C13H25NO5/c1-5-18-13(11(16)17,19-8-6-7-15)10-14-9-12(2,3)4/h7,14H,5-6,8-10H2,1-4H3,(H,16,17). The van der Waals surface area contributed by atoms with Crippen molar-refractivity contribution in [3.8, 4) is 0 Å². The van der Waals surface area contributed by atoms with E-state index in [4.69, 9.17) is 9.47 Å². The highest BCUT2D eigenvalue weighted by Gasteiger charge is 2.40. The van der Waals surface area contributed by atoms with Crippen LogP contribution in [-0.2, 0) is 19.1 Å². The fourth-order valence-corrected chi connectivity index (χ4v) is 1.45. The van der Waals surface area contributed by atoms with Crippen LogP contribution in [0.3, 0.4) is 0 Å². The first-order valence-electron chi connectivity index (χ1n) is 6.43. The second kappa shape index (κ2) is 8.24. The molecule has 0 spiro atoms. The maximum Gasteiger partial charge on any atom is 0.365 e. The largest absolute Gasteiger partial charge is 0.477 e. The molecule has 0 aromatic carbocycles. The number of hydrogen-bond donors (Lipinski definition) is 2. The van der Waals surface area contributed by atoms with E-state index >= 15 is 0 Å². The summed E-state index contributed by atoms with van der Waals surface area (Å²) in [6.07, 6.45) is 0.822. The second-order valence-corrected chi connectivity index (χ2v) is 5.46. The Bertz CT molecular complexity index is 287. The number of rotatable bonds is 10. The highest BCUT2D eigenvalue weighted by atomic mass is 16.7. The van der Waals surface area contributed by atoms with Crippen LogP contribution < -0.4 is 5.32 Å². The molecule has 2 N–H and O–H groups in total. The van der Waals surface area contributed by atoms with Gasteiger partial charge in [0.25, 0.3) is 5.79 Å². The van der Waals surface area contributed by atoms with Crippen molar-refractivity contribution in [2.24, 2.45) is 5.41 Å². The number of nitrogens with one attached hydrogen (secondary N) is 1. The van der Waals surface area contributed by atoms with Crippen molar-refractivity contribution in [1.29, 1.82) is 0 Å². The minimum absolute atomic E-state index is 0.0208. The number of aldehydes is 1. The SMILES string of the molecule is CCOC(CNCC(C)(C)C)(OCCC=O)C(=O)O. The molecule has 0 saturated carbocycles. The maximum absolute atomic E-state index is 11.4. The van der Waals surface area contributed by atoms with E-state index in [1.807, 2.05) is 20.8 Å². The molecule has 0 aromatic rings. The van der Waals surface area contributed by atoms with Crippen LogP contribution in [0.15, 0.2) is 0 Å².